The van der Waals surface area contributed by atoms with Gasteiger partial charge in [0.1, 0.15) is 23.0 Å². The highest BCUT2D eigenvalue weighted by molar-refractivity contribution is 5.96. The fourth-order valence-electron chi connectivity index (χ4n) is 2.86. The minimum Gasteiger partial charge on any atom is -0.497 e. The van der Waals surface area contributed by atoms with Crippen molar-refractivity contribution in [2.45, 2.75) is 0 Å². The van der Waals surface area contributed by atoms with Crippen molar-refractivity contribution in [3.63, 3.8) is 0 Å². The maximum Gasteiger partial charge on any atom is 0.307 e. The number of hydrogen-bond acceptors (Lipinski definition) is 9. The summed E-state index contributed by atoms with van der Waals surface area (Å²) in [6, 6.07) is 13.0. The number of ether oxygens (including phenoxy) is 4. The summed E-state index contributed by atoms with van der Waals surface area (Å²) in [5.41, 5.74) is 5.91. The maximum absolute atomic E-state index is 12.3. The number of hydrazone groups is 2. The third-order valence-corrected chi connectivity index (χ3v) is 4.67. The van der Waals surface area contributed by atoms with Crippen molar-refractivity contribution >= 4 is 24.2 Å². The number of rotatable bonds is 10. The first-order valence-corrected chi connectivity index (χ1v) is 10.2. The summed E-state index contributed by atoms with van der Waals surface area (Å²) in [5, 5.41) is 7.80. The number of nitrogens with one attached hydrogen (secondary N) is 2. The number of furan rings is 1. The molecule has 0 saturated carbocycles. The first kappa shape index (κ1) is 24.8. The second kappa shape index (κ2) is 11.9. The Morgan fingerprint density at radius 3 is 1.49 bits per heavy atom. The summed E-state index contributed by atoms with van der Waals surface area (Å²) < 4.78 is 26.1. The van der Waals surface area contributed by atoms with Crippen molar-refractivity contribution < 1.29 is 33.0 Å². The van der Waals surface area contributed by atoms with Gasteiger partial charge in [-0.3, -0.25) is 9.59 Å². The van der Waals surface area contributed by atoms with Gasteiger partial charge in [0.2, 0.25) is 0 Å². The minimum atomic E-state index is -0.640. The molecule has 2 N–H and O–H groups in total. The topological polar surface area (TPSA) is 133 Å². The lowest BCUT2D eigenvalue weighted by atomic mass is 10.2. The van der Waals surface area contributed by atoms with Crippen LogP contribution in [0, 0.1) is 0 Å². The molecule has 3 rings (SSSR count). The predicted octanol–water partition coefficient (Wildman–Crippen LogP) is 2.84. The van der Waals surface area contributed by atoms with Gasteiger partial charge in [-0.1, -0.05) is 0 Å². The number of hydrogen-bond donors (Lipinski definition) is 2. The van der Waals surface area contributed by atoms with Crippen LogP contribution in [0.3, 0.4) is 0 Å². The number of carbonyl (C=O) groups is 2. The maximum atomic E-state index is 12.3. The SMILES string of the molecule is COc1ccc(C=NNC(=O)c2ccc(C(=O)NN=Cc3ccc(OC)cc3OC)o2)c(OC)c1. The lowest BCUT2D eigenvalue weighted by Crippen LogP contribution is -2.18. The van der Waals surface area contributed by atoms with E-state index in [0.717, 1.165) is 0 Å². The summed E-state index contributed by atoms with van der Waals surface area (Å²) in [7, 11) is 6.12. The van der Waals surface area contributed by atoms with E-state index in [0.29, 0.717) is 34.1 Å². The van der Waals surface area contributed by atoms with Crippen LogP contribution in [-0.4, -0.2) is 52.7 Å². The van der Waals surface area contributed by atoms with Crippen LogP contribution in [0.4, 0.5) is 0 Å². The Kier molecular flexibility index (Phi) is 8.43. The van der Waals surface area contributed by atoms with Crippen LogP contribution in [0.25, 0.3) is 0 Å². The molecule has 0 atom stereocenters. The molecule has 0 bridgehead atoms. The fourth-order valence-corrected chi connectivity index (χ4v) is 2.86. The Bertz CT molecular complexity index is 1160. The van der Waals surface area contributed by atoms with Crippen molar-refractivity contribution in [2.75, 3.05) is 28.4 Å². The van der Waals surface area contributed by atoms with Crippen molar-refractivity contribution in [3.8, 4) is 23.0 Å². The number of methoxy groups -OCH3 is 4. The van der Waals surface area contributed by atoms with E-state index in [-0.39, 0.29) is 11.5 Å². The quantitative estimate of drug-likeness (QED) is 0.337. The molecule has 0 aliphatic heterocycles. The molecule has 2 amide bonds. The van der Waals surface area contributed by atoms with Gasteiger partial charge < -0.3 is 23.4 Å². The van der Waals surface area contributed by atoms with Crippen LogP contribution >= 0.6 is 0 Å². The third-order valence-electron chi connectivity index (χ3n) is 4.67. The van der Waals surface area contributed by atoms with Gasteiger partial charge in [0.05, 0.1) is 40.9 Å². The molecule has 11 nitrogen and oxygen atoms in total. The second-order valence-electron chi connectivity index (χ2n) is 6.78. The van der Waals surface area contributed by atoms with Crippen LogP contribution in [0.2, 0.25) is 0 Å². The van der Waals surface area contributed by atoms with Gasteiger partial charge in [0, 0.05) is 23.3 Å². The van der Waals surface area contributed by atoms with Gasteiger partial charge in [-0.25, -0.2) is 10.9 Å². The number of amides is 2. The predicted molar refractivity (Wildman–Crippen MR) is 128 cm³/mol. The molecule has 3 aromatic rings. The van der Waals surface area contributed by atoms with Crippen molar-refractivity contribution in [3.05, 3.63) is 71.2 Å². The highest BCUT2D eigenvalue weighted by Crippen LogP contribution is 2.24. The number of carbonyl (C=O) groups excluding carboxylic acids is 2. The lowest BCUT2D eigenvalue weighted by Gasteiger charge is -2.06. The summed E-state index contributed by atoms with van der Waals surface area (Å²) in [5.74, 6) is 0.802. The van der Waals surface area contributed by atoms with Gasteiger partial charge in [-0.2, -0.15) is 10.2 Å². The molecule has 0 aliphatic rings. The Hall–Kier alpha value is -4.80. The average Bonchev–Trinajstić information content (AvgIpc) is 3.39. The monoisotopic (exact) mass is 480 g/mol. The first-order valence-electron chi connectivity index (χ1n) is 10.2. The lowest BCUT2D eigenvalue weighted by molar-refractivity contribution is 0.0902. The average molecular weight is 480 g/mol. The normalized spacial score (nSPS) is 10.9. The molecule has 0 radical (unpaired) electrons. The molecular weight excluding hydrogens is 456 g/mol. The highest BCUT2D eigenvalue weighted by atomic mass is 16.5. The van der Waals surface area contributed by atoms with E-state index in [1.165, 1.54) is 38.8 Å². The largest absolute Gasteiger partial charge is 0.497 e. The number of benzene rings is 2. The molecule has 0 saturated heterocycles. The molecule has 0 fully saturated rings. The molecule has 0 unspecified atom stereocenters. The van der Waals surface area contributed by atoms with E-state index < -0.39 is 11.8 Å². The van der Waals surface area contributed by atoms with Gasteiger partial charge in [-0.15, -0.1) is 0 Å². The molecule has 1 aromatic heterocycles. The Morgan fingerprint density at radius 2 is 1.11 bits per heavy atom. The molecule has 182 valence electrons. The van der Waals surface area contributed by atoms with E-state index in [4.69, 9.17) is 23.4 Å². The summed E-state index contributed by atoms with van der Waals surface area (Å²) >= 11 is 0. The van der Waals surface area contributed by atoms with Crippen molar-refractivity contribution in [1.29, 1.82) is 0 Å². The van der Waals surface area contributed by atoms with E-state index in [9.17, 15) is 9.59 Å². The van der Waals surface area contributed by atoms with Crippen LogP contribution in [-0.2, 0) is 0 Å². The van der Waals surface area contributed by atoms with Crippen LogP contribution in [0.15, 0.2) is 63.2 Å². The van der Waals surface area contributed by atoms with Gasteiger partial charge in [0.15, 0.2) is 11.5 Å². The Balaban J connectivity index is 1.58. The smallest absolute Gasteiger partial charge is 0.307 e. The molecule has 35 heavy (non-hydrogen) atoms. The van der Waals surface area contributed by atoms with E-state index in [1.54, 1.807) is 50.6 Å². The zero-order valence-corrected chi connectivity index (χ0v) is 19.5. The molecular formula is C24H24N4O7. The standard InChI is InChI=1S/C24H24N4O7/c1-31-17-7-5-15(21(11-17)33-3)13-25-27-23(29)19-9-10-20(35-19)24(30)28-26-14-16-6-8-18(32-2)12-22(16)34-4/h5-14H,1-4H3,(H,27,29)(H,28,30). The molecule has 0 aliphatic carbocycles. The van der Waals surface area contributed by atoms with Gasteiger partial charge >= 0.3 is 11.8 Å². The first-order chi connectivity index (χ1) is 17.0. The molecule has 2 aromatic carbocycles. The Morgan fingerprint density at radius 1 is 0.686 bits per heavy atom. The van der Waals surface area contributed by atoms with Gasteiger partial charge in [0.25, 0.3) is 0 Å². The van der Waals surface area contributed by atoms with Gasteiger partial charge in [-0.05, 0) is 36.4 Å². The third kappa shape index (κ3) is 6.38. The van der Waals surface area contributed by atoms with E-state index in [1.807, 2.05) is 0 Å². The zero-order valence-electron chi connectivity index (χ0n) is 19.5. The van der Waals surface area contributed by atoms with Crippen LogP contribution in [0.1, 0.15) is 32.2 Å². The van der Waals surface area contributed by atoms with Crippen molar-refractivity contribution in [1.82, 2.24) is 10.9 Å². The minimum absolute atomic E-state index is 0.102. The zero-order chi connectivity index (χ0) is 25.2. The summed E-state index contributed by atoms with van der Waals surface area (Å²) in [6.45, 7) is 0. The second-order valence-corrected chi connectivity index (χ2v) is 6.78. The van der Waals surface area contributed by atoms with Crippen molar-refractivity contribution in [2.24, 2.45) is 10.2 Å². The summed E-state index contributed by atoms with van der Waals surface area (Å²) in [4.78, 5) is 24.6. The molecule has 0 spiro atoms. The molecule has 11 heteroatoms. The van der Waals surface area contributed by atoms with Crippen LogP contribution in [0.5, 0.6) is 23.0 Å². The number of nitrogens with zero attached hydrogens (tertiary/aromatic N) is 2. The fraction of sp³-hybridized carbons (Fsp3) is 0.167. The van der Waals surface area contributed by atoms with E-state index in [2.05, 4.69) is 21.1 Å². The summed E-state index contributed by atoms with van der Waals surface area (Å²) in [6.07, 6.45) is 2.82. The highest BCUT2D eigenvalue weighted by Gasteiger charge is 2.15. The van der Waals surface area contributed by atoms with E-state index >= 15 is 0 Å². The van der Waals surface area contributed by atoms with Crippen LogP contribution < -0.4 is 29.8 Å². The molecule has 1 heterocycles. The Labute approximate surface area is 201 Å².